The predicted octanol–water partition coefficient (Wildman–Crippen LogP) is 0.749. The number of rotatable bonds is 3. The van der Waals surface area contributed by atoms with Gasteiger partial charge in [0, 0.05) is 12.6 Å². The number of aromatic nitrogens is 2. The fraction of sp³-hybridized carbons (Fsp3) is 0.600. The first-order chi connectivity index (χ1) is 7.96. The molecule has 2 heterocycles. The summed E-state index contributed by atoms with van der Waals surface area (Å²) in [5.74, 6) is 0.527. The van der Waals surface area contributed by atoms with Gasteiger partial charge in [0.25, 0.3) is 0 Å². The molecular formula is C10H14ClN3O2S. The van der Waals surface area contributed by atoms with Crippen molar-refractivity contribution in [2.45, 2.75) is 19.0 Å². The van der Waals surface area contributed by atoms with Crippen LogP contribution in [0.3, 0.4) is 0 Å². The van der Waals surface area contributed by atoms with Gasteiger partial charge >= 0.3 is 0 Å². The third kappa shape index (κ3) is 3.37. The quantitative estimate of drug-likeness (QED) is 0.815. The minimum atomic E-state index is -2.84. The van der Waals surface area contributed by atoms with Crippen LogP contribution in [0, 0.1) is 0 Å². The molecule has 0 amide bonds. The smallest absolute Gasteiger partial charge is 0.151 e. The maximum absolute atomic E-state index is 11.4. The van der Waals surface area contributed by atoms with E-state index in [0.717, 1.165) is 5.69 Å². The Hall–Kier alpha value is -0.720. The summed E-state index contributed by atoms with van der Waals surface area (Å²) in [5.41, 5.74) is 0.793. The van der Waals surface area contributed by atoms with Gasteiger partial charge in [-0.25, -0.2) is 13.4 Å². The van der Waals surface area contributed by atoms with Crippen LogP contribution in [0.15, 0.2) is 12.4 Å². The summed E-state index contributed by atoms with van der Waals surface area (Å²) in [4.78, 5) is 10.1. The summed E-state index contributed by atoms with van der Waals surface area (Å²) in [6, 6.07) is 0.0810. The first kappa shape index (κ1) is 12.7. The highest BCUT2D eigenvalue weighted by Gasteiger charge is 2.30. The van der Waals surface area contributed by atoms with E-state index in [-0.39, 0.29) is 17.5 Å². The van der Waals surface area contributed by atoms with E-state index in [9.17, 15) is 8.42 Å². The molecule has 5 nitrogen and oxygen atoms in total. The highest BCUT2D eigenvalue weighted by Crippen LogP contribution is 2.17. The maximum atomic E-state index is 11.4. The molecular weight excluding hydrogens is 262 g/mol. The zero-order valence-corrected chi connectivity index (χ0v) is 11.1. The molecule has 0 aliphatic carbocycles. The molecule has 0 saturated carbocycles. The second-order valence-corrected chi connectivity index (χ2v) is 6.92. The molecule has 1 fully saturated rings. The van der Waals surface area contributed by atoms with E-state index in [2.05, 4.69) is 9.97 Å². The van der Waals surface area contributed by atoms with Gasteiger partial charge in [0.1, 0.15) is 5.15 Å². The van der Waals surface area contributed by atoms with Crippen molar-refractivity contribution in [1.82, 2.24) is 14.9 Å². The molecule has 0 N–H and O–H groups in total. The molecule has 0 aromatic carbocycles. The minimum absolute atomic E-state index is 0.0810. The Morgan fingerprint density at radius 1 is 1.47 bits per heavy atom. The molecule has 1 aliphatic heterocycles. The van der Waals surface area contributed by atoms with Crippen molar-refractivity contribution in [3.05, 3.63) is 23.2 Å². The van der Waals surface area contributed by atoms with Gasteiger partial charge in [0.2, 0.25) is 0 Å². The Labute approximate surface area is 106 Å². The Morgan fingerprint density at radius 3 is 2.76 bits per heavy atom. The molecule has 1 aromatic heterocycles. The highest BCUT2D eigenvalue weighted by molar-refractivity contribution is 7.91. The summed E-state index contributed by atoms with van der Waals surface area (Å²) < 4.78 is 22.7. The Bertz CT molecular complexity index is 489. The van der Waals surface area contributed by atoms with Gasteiger partial charge < -0.3 is 0 Å². The van der Waals surface area contributed by atoms with Crippen LogP contribution in [0.1, 0.15) is 12.1 Å². The van der Waals surface area contributed by atoms with Crippen LogP contribution in [0.25, 0.3) is 0 Å². The van der Waals surface area contributed by atoms with Gasteiger partial charge in [0.05, 0.1) is 29.6 Å². The standard InChI is InChI=1S/C10H14ClN3O2S/c1-14(9-2-3-17(15,16)7-9)6-8-4-13-10(11)5-12-8/h4-5,9H,2-3,6-7H2,1H3. The van der Waals surface area contributed by atoms with Crippen molar-refractivity contribution in [1.29, 1.82) is 0 Å². The monoisotopic (exact) mass is 275 g/mol. The van der Waals surface area contributed by atoms with Crippen LogP contribution in [0.4, 0.5) is 0 Å². The van der Waals surface area contributed by atoms with E-state index in [0.29, 0.717) is 18.1 Å². The number of hydrogen-bond donors (Lipinski definition) is 0. The maximum Gasteiger partial charge on any atom is 0.151 e. The molecule has 0 spiro atoms. The van der Waals surface area contributed by atoms with Crippen LogP contribution < -0.4 is 0 Å². The van der Waals surface area contributed by atoms with Crippen molar-refractivity contribution >= 4 is 21.4 Å². The average molecular weight is 276 g/mol. The minimum Gasteiger partial charge on any atom is -0.296 e. The SMILES string of the molecule is CN(Cc1cnc(Cl)cn1)C1CCS(=O)(=O)C1. The summed E-state index contributed by atoms with van der Waals surface area (Å²) in [7, 11) is -0.934. The van der Waals surface area contributed by atoms with E-state index in [1.54, 1.807) is 6.20 Å². The van der Waals surface area contributed by atoms with Gasteiger partial charge in [-0.15, -0.1) is 0 Å². The normalized spacial score (nSPS) is 23.1. The molecule has 0 radical (unpaired) electrons. The molecule has 0 bridgehead atoms. The molecule has 1 aromatic rings. The van der Waals surface area contributed by atoms with Crippen LogP contribution in [-0.2, 0) is 16.4 Å². The summed E-state index contributed by atoms with van der Waals surface area (Å²) >= 11 is 5.65. The van der Waals surface area contributed by atoms with E-state index in [1.165, 1.54) is 6.20 Å². The van der Waals surface area contributed by atoms with Gasteiger partial charge in [0.15, 0.2) is 9.84 Å². The fourth-order valence-electron chi connectivity index (χ4n) is 1.93. The molecule has 2 rings (SSSR count). The molecule has 1 aliphatic rings. The van der Waals surface area contributed by atoms with Crippen molar-refractivity contribution in [3.8, 4) is 0 Å². The van der Waals surface area contributed by atoms with E-state index in [1.807, 2.05) is 11.9 Å². The van der Waals surface area contributed by atoms with Gasteiger partial charge in [-0.2, -0.15) is 0 Å². The second-order valence-electron chi connectivity index (χ2n) is 4.30. The molecule has 94 valence electrons. The average Bonchev–Trinajstić information content (AvgIpc) is 2.62. The lowest BCUT2D eigenvalue weighted by atomic mass is 10.2. The highest BCUT2D eigenvalue weighted by atomic mass is 35.5. The number of halogens is 1. The first-order valence-electron chi connectivity index (χ1n) is 5.33. The topological polar surface area (TPSA) is 63.2 Å². The van der Waals surface area contributed by atoms with Gasteiger partial charge in [-0.1, -0.05) is 11.6 Å². The Morgan fingerprint density at radius 2 is 2.24 bits per heavy atom. The van der Waals surface area contributed by atoms with Gasteiger partial charge in [-0.3, -0.25) is 9.88 Å². The summed E-state index contributed by atoms with van der Waals surface area (Å²) in [5, 5.41) is 0.361. The molecule has 1 atom stereocenters. The summed E-state index contributed by atoms with van der Waals surface area (Å²) in [6.07, 6.45) is 3.80. The van der Waals surface area contributed by atoms with Crippen LogP contribution >= 0.6 is 11.6 Å². The molecule has 7 heteroatoms. The lowest BCUT2D eigenvalue weighted by Crippen LogP contribution is -2.32. The Balaban J connectivity index is 1.98. The third-order valence-electron chi connectivity index (χ3n) is 2.92. The predicted molar refractivity (Wildman–Crippen MR) is 65.6 cm³/mol. The molecule has 1 saturated heterocycles. The van der Waals surface area contributed by atoms with E-state index >= 15 is 0 Å². The second kappa shape index (κ2) is 4.88. The van der Waals surface area contributed by atoms with E-state index in [4.69, 9.17) is 11.6 Å². The Kier molecular flexibility index (Phi) is 3.65. The number of nitrogens with zero attached hydrogens (tertiary/aromatic N) is 3. The van der Waals surface area contributed by atoms with Crippen molar-refractivity contribution in [3.63, 3.8) is 0 Å². The van der Waals surface area contributed by atoms with Crippen LogP contribution in [-0.4, -0.2) is 47.9 Å². The zero-order valence-electron chi connectivity index (χ0n) is 9.50. The molecule has 17 heavy (non-hydrogen) atoms. The largest absolute Gasteiger partial charge is 0.296 e. The third-order valence-corrected chi connectivity index (χ3v) is 4.86. The van der Waals surface area contributed by atoms with Crippen molar-refractivity contribution < 1.29 is 8.42 Å². The fourth-order valence-corrected chi connectivity index (χ4v) is 3.83. The zero-order chi connectivity index (χ0) is 12.5. The van der Waals surface area contributed by atoms with E-state index < -0.39 is 9.84 Å². The van der Waals surface area contributed by atoms with Crippen LogP contribution in [0.5, 0.6) is 0 Å². The number of hydrogen-bond acceptors (Lipinski definition) is 5. The first-order valence-corrected chi connectivity index (χ1v) is 7.53. The van der Waals surface area contributed by atoms with Crippen molar-refractivity contribution in [2.75, 3.05) is 18.6 Å². The molecule has 1 unspecified atom stereocenters. The van der Waals surface area contributed by atoms with Gasteiger partial charge in [-0.05, 0) is 13.5 Å². The summed E-state index contributed by atoms with van der Waals surface area (Å²) in [6.45, 7) is 0.588. The number of sulfone groups is 1. The van der Waals surface area contributed by atoms with Crippen molar-refractivity contribution in [2.24, 2.45) is 0 Å². The lowest BCUT2D eigenvalue weighted by molar-refractivity contribution is 0.250. The van der Waals surface area contributed by atoms with Crippen LogP contribution in [0.2, 0.25) is 5.15 Å². The lowest BCUT2D eigenvalue weighted by Gasteiger charge is -2.22.